The zero-order valence-electron chi connectivity index (χ0n) is 10.3. The van der Waals surface area contributed by atoms with E-state index in [1.165, 1.54) is 0 Å². The molecule has 0 radical (unpaired) electrons. The summed E-state index contributed by atoms with van der Waals surface area (Å²) in [6.45, 7) is 1.61. The number of benzene rings is 1. The van der Waals surface area contributed by atoms with E-state index >= 15 is 0 Å². The van der Waals surface area contributed by atoms with Gasteiger partial charge >= 0.3 is 0 Å². The minimum Gasteiger partial charge on any atom is -0.379 e. The van der Waals surface area contributed by atoms with Gasteiger partial charge in [-0.25, -0.2) is 4.98 Å². The quantitative estimate of drug-likeness (QED) is 0.887. The Morgan fingerprint density at radius 3 is 3.05 bits per heavy atom. The van der Waals surface area contributed by atoms with E-state index in [0.717, 1.165) is 47.2 Å². The maximum absolute atomic E-state index is 6.23. The molecular formula is C14H14BrClN2O. The molecule has 1 aliphatic rings. The van der Waals surface area contributed by atoms with Gasteiger partial charge in [0.05, 0.1) is 23.2 Å². The van der Waals surface area contributed by atoms with Gasteiger partial charge < -0.3 is 10.1 Å². The van der Waals surface area contributed by atoms with Crippen LogP contribution in [-0.4, -0.2) is 24.2 Å². The largest absolute Gasteiger partial charge is 0.379 e. The molecule has 1 aliphatic heterocycles. The standard InChI is InChI=1S/C14H14BrClN2O/c15-10-6-9-3-4-13(18-14(9)12(16)7-10)17-11-2-1-5-19-8-11/h3-4,6-7,11H,1-2,5,8H2,(H,17,18). The monoisotopic (exact) mass is 340 g/mol. The number of rotatable bonds is 2. The van der Waals surface area contributed by atoms with Crippen LogP contribution in [0.25, 0.3) is 10.9 Å². The van der Waals surface area contributed by atoms with Crippen LogP contribution in [0.1, 0.15) is 12.8 Å². The molecule has 1 atom stereocenters. The molecule has 1 aromatic carbocycles. The molecule has 2 heterocycles. The third-order valence-corrected chi connectivity index (χ3v) is 3.97. The molecule has 0 saturated carbocycles. The third kappa shape index (κ3) is 3.02. The Hall–Kier alpha value is -0.840. The summed E-state index contributed by atoms with van der Waals surface area (Å²) >= 11 is 9.67. The predicted molar refractivity (Wildman–Crippen MR) is 81.9 cm³/mol. The molecule has 0 bridgehead atoms. The molecule has 1 aromatic heterocycles. The van der Waals surface area contributed by atoms with Crippen LogP contribution in [0.15, 0.2) is 28.7 Å². The van der Waals surface area contributed by atoms with E-state index < -0.39 is 0 Å². The van der Waals surface area contributed by atoms with Crippen LogP contribution in [-0.2, 0) is 4.74 Å². The summed E-state index contributed by atoms with van der Waals surface area (Å²) in [5.41, 5.74) is 0.826. The number of hydrogen-bond donors (Lipinski definition) is 1. The topological polar surface area (TPSA) is 34.1 Å². The van der Waals surface area contributed by atoms with Gasteiger partial charge in [0.1, 0.15) is 5.82 Å². The number of fused-ring (bicyclic) bond motifs is 1. The molecule has 1 fully saturated rings. The van der Waals surface area contributed by atoms with Crippen LogP contribution in [0.2, 0.25) is 5.02 Å². The second-order valence-corrected chi connectivity index (χ2v) is 6.04. The molecule has 0 spiro atoms. The summed E-state index contributed by atoms with van der Waals surface area (Å²) in [6, 6.07) is 8.24. The smallest absolute Gasteiger partial charge is 0.127 e. The number of halogens is 2. The van der Waals surface area contributed by atoms with Gasteiger partial charge in [-0.15, -0.1) is 0 Å². The van der Waals surface area contributed by atoms with Crippen LogP contribution in [0.4, 0.5) is 5.82 Å². The molecule has 0 aliphatic carbocycles. The highest BCUT2D eigenvalue weighted by molar-refractivity contribution is 9.10. The molecule has 100 valence electrons. The molecule has 19 heavy (non-hydrogen) atoms. The minimum absolute atomic E-state index is 0.341. The fraction of sp³-hybridized carbons (Fsp3) is 0.357. The van der Waals surface area contributed by atoms with Crippen LogP contribution < -0.4 is 5.32 Å². The highest BCUT2D eigenvalue weighted by atomic mass is 79.9. The first-order chi connectivity index (χ1) is 9.22. The lowest BCUT2D eigenvalue weighted by molar-refractivity contribution is 0.0875. The molecular weight excluding hydrogens is 328 g/mol. The summed E-state index contributed by atoms with van der Waals surface area (Å²) < 4.78 is 6.42. The SMILES string of the molecule is Clc1cc(Br)cc2ccc(NC3CCCOC3)nc12. The molecule has 1 saturated heterocycles. The van der Waals surface area contributed by atoms with Crippen LogP contribution in [0.5, 0.6) is 0 Å². The number of nitrogens with zero attached hydrogens (tertiary/aromatic N) is 1. The Bertz CT molecular complexity index is 599. The van der Waals surface area contributed by atoms with E-state index in [-0.39, 0.29) is 0 Å². The van der Waals surface area contributed by atoms with Crippen molar-refractivity contribution in [2.45, 2.75) is 18.9 Å². The first kappa shape index (κ1) is 13.2. The Kier molecular flexibility index (Phi) is 3.91. The van der Waals surface area contributed by atoms with Crippen molar-refractivity contribution in [2.75, 3.05) is 18.5 Å². The van der Waals surface area contributed by atoms with Crippen LogP contribution >= 0.6 is 27.5 Å². The lowest BCUT2D eigenvalue weighted by atomic mass is 10.1. The highest BCUT2D eigenvalue weighted by Gasteiger charge is 2.14. The van der Waals surface area contributed by atoms with E-state index in [4.69, 9.17) is 16.3 Å². The van der Waals surface area contributed by atoms with Crippen molar-refractivity contribution >= 4 is 44.3 Å². The zero-order valence-corrected chi connectivity index (χ0v) is 12.7. The summed E-state index contributed by atoms with van der Waals surface area (Å²) in [6.07, 6.45) is 2.22. The first-order valence-corrected chi connectivity index (χ1v) is 7.49. The van der Waals surface area contributed by atoms with Gasteiger partial charge in [0, 0.05) is 16.5 Å². The van der Waals surface area contributed by atoms with E-state index in [0.29, 0.717) is 11.1 Å². The van der Waals surface area contributed by atoms with Crippen molar-refractivity contribution in [3.05, 3.63) is 33.8 Å². The molecule has 3 nitrogen and oxygen atoms in total. The number of aromatic nitrogens is 1. The fourth-order valence-electron chi connectivity index (χ4n) is 2.30. The van der Waals surface area contributed by atoms with Gasteiger partial charge in [0.25, 0.3) is 0 Å². The van der Waals surface area contributed by atoms with E-state index in [1.54, 1.807) is 0 Å². The minimum atomic E-state index is 0.341. The first-order valence-electron chi connectivity index (χ1n) is 6.32. The van der Waals surface area contributed by atoms with E-state index in [2.05, 4.69) is 26.2 Å². The van der Waals surface area contributed by atoms with Crippen molar-refractivity contribution in [3.63, 3.8) is 0 Å². The van der Waals surface area contributed by atoms with Crippen molar-refractivity contribution in [1.29, 1.82) is 0 Å². The summed E-state index contributed by atoms with van der Waals surface area (Å²) in [4.78, 5) is 4.59. The van der Waals surface area contributed by atoms with Gasteiger partial charge in [0.2, 0.25) is 0 Å². The van der Waals surface area contributed by atoms with E-state index in [1.807, 2.05) is 24.3 Å². The Morgan fingerprint density at radius 1 is 1.37 bits per heavy atom. The van der Waals surface area contributed by atoms with Crippen LogP contribution in [0, 0.1) is 0 Å². The molecule has 2 aromatic rings. The third-order valence-electron chi connectivity index (χ3n) is 3.22. The maximum atomic E-state index is 6.23. The summed E-state index contributed by atoms with van der Waals surface area (Å²) in [5, 5.41) is 5.10. The number of ether oxygens (including phenoxy) is 1. The lowest BCUT2D eigenvalue weighted by Gasteiger charge is -2.23. The summed E-state index contributed by atoms with van der Waals surface area (Å²) in [5.74, 6) is 0.854. The highest BCUT2D eigenvalue weighted by Crippen LogP contribution is 2.28. The van der Waals surface area contributed by atoms with E-state index in [9.17, 15) is 0 Å². The lowest BCUT2D eigenvalue weighted by Crippen LogP contribution is -2.30. The molecule has 1 unspecified atom stereocenters. The fourth-order valence-corrected chi connectivity index (χ4v) is 3.18. The predicted octanol–water partition coefficient (Wildman–Crippen LogP) is 4.24. The Balaban J connectivity index is 1.88. The second-order valence-electron chi connectivity index (χ2n) is 4.71. The summed E-state index contributed by atoms with van der Waals surface area (Å²) in [7, 11) is 0. The second kappa shape index (κ2) is 5.65. The Labute approximate surface area is 125 Å². The van der Waals surface area contributed by atoms with Crippen LogP contribution in [0.3, 0.4) is 0 Å². The van der Waals surface area contributed by atoms with Crippen molar-refractivity contribution in [1.82, 2.24) is 4.98 Å². The normalized spacial score (nSPS) is 19.6. The average molecular weight is 342 g/mol. The number of anilines is 1. The maximum Gasteiger partial charge on any atom is 0.127 e. The number of pyridine rings is 1. The molecule has 0 amide bonds. The van der Waals surface area contributed by atoms with Crippen molar-refractivity contribution < 1.29 is 4.74 Å². The van der Waals surface area contributed by atoms with Gasteiger partial charge in [-0.1, -0.05) is 27.5 Å². The van der Waals surface area contributed by atoms with Gasteiger partial charge in [0.15, 0.2) is 0 Å². The molecule has 1 N–H and O–H groups in total. The Morgan fingerprint density at radius 2 is 2.26 bits per heavy atom. The number of hydrogen-bond acceptors (Lipinski definition) is 3. The van der Waals surface area contributed by atoms with Gasteiger partial charge in [-0.3, -0.25) is 0 Å². The van der Waals surface area contributed by atoms with Gasteiger partial charge in [-0.05, 0) is 37.1 Å². The number of nitrogens with one attached hydrogen (secondary N) is 1. The molecule has 5 heteroatoms. The molecule has 3 rings (SSSR count). The van der Waals surface area contributed by atoms with Crippen molar-refractivity contribution in [2.24, 2.45) is 0 Å². The average Bonchev–Trinajstić information content (AvgIpc) is 2.40. The van der Waals surface area contributed by atoms with Gasteiger partial charge in [-0.2, -0.15) is 0 Å². The zero-order chi connectivity index (χ0) is 13.2. The van der Waals surface area contributed by atoms with Crippen molar-refractivity contribution in [3.8, 4) is 0 Å².